The Labute approximate surface area is 127 Å². The first-order chi connectivity index (χ1) is 10.7. The maximum Gasteiger partial charge on any atom is 0.168 e. The molecule has 2 aromatic carbocycles. The summed E-state index contributed by atoms with van der Waals surface area (Å²) < 4.78 is 38.5. The van der Waals surface area contributed by atoms with Crippen LogP contribution in [0, 0.1) is 11.6 Å². The van der Waals surface area contributed by atoms with Crippen molar-refractivity contribution in [3.05, 3.63) is 65.7 Å². The Morgan fingerprint density at radius 2 is 1.95 bits per heavy atom. The van der Waals surface area contributed by atoms with Crippen molar-refractivity contribution in [2.24, 2.45) is 0 Å². The van der Waals surface area contributed by atoms with Crippen molar-refractivity contribution in [3.63, 3.8) is 0 Å². The topological polar surface area (TPSA) is 30.5 Å². The van der Waals surface area contributed by atoms with Crippen LogP contribution in [0.4, 0.5) is 8.78 Å². The second kappa shape index (κ2) is 6.85. The normalized spacial score (nSPS) is 19.6. The molecule has 2 atom stereocenters. The van der Waals surface area contributed by atoms with E-state index >= 15 is 0 Å². The largest absolute Gasteiger partial charge is 0.480 e. The molecule has 0 saturated carbocycles. The molecule has 5 heteroatoms. The van der Waals surface area contributed by atoms with Crippen LogP contribution >= 0.6 is 0 Å². The molecule has 0 aliphatic carbocycles. The average molecular weight is 305 g/mol. The molecular weight excluding hydrogens is 288 g/mol. The molecule has 0 radical (unpaired) electrons. The van der Waals surface area contributed by atoms with E-state index < -0.39 is 17.7 Å². The lowest BCUT2D eigenvalue weighted by molar-refractivity contribution is -0.0442. The van der Waals surface area contributed by atoms with E-state index in [0.717, 1.165) is 18.2 Å². The molecule has 1 fully saturated rings. The summed E-state index contributed by atoms with van der Waals surface area (Å²) in [5.74, 6) is -1.33. The molecule has 1 aliphatic heterocycles. The first kappa shape index (κ1) is 14.9. The number of benzene rings is 2. The SMILES string of the molecule is Fc1ccc(OC(c2ccccc2)C2CNCCO2)c(F)c1. The highest BCUT2D eigenvalue weighted by atomic mass is 19.1. The maximum absolute atomic E-state index is 13.9. The molecule has 0 aromatic heterocycles. The van der Waals surface area contributed by atoms with Crippen LogP contribution in [0.15, 0.2) is 48.5 Å². The zero-order valence-corrected chi connectivity index (χ0v) is 12.0. The second-order valence-electron chi connectivity index (χ2n) is 5.14. The minimum absolute atomic E-state index is 0.0180. The number of halogens is 2. The number of hydrogen-bond acceptors (Lipinski definition) is 3. The molecule has 1 aliphatic rings. The molecule has 1 N–H and O–H groups in total. The van der Waals surface area contributed by atoms with Crippen molar-refractivity contribution < 1.29 is 18.3 Å². The summed E-state index contributed by atoms with van der Waals surface area (Å²) in [5, 5.41) is 3.24. The van der Waals surface area contributed by atoms with Gasteiger partial charge in [0.05, 0.1) is 6.61 Å². The highest BCUT2D eigenvalue weighted by molar-refractivity contribution is 5.27. The molecule has 0 bridgehead atoms. The monoisotopic (exact) mass is 305 g/mol. The lowest BCUT2D eigenvalue weighted by Gasteiger charge is -2.31. The van der Waals surface area contributed by atoms with Gasteiger partial charge in [-0.25, -0.2) is 8.78 Å². The van der Waals surface area contributed by atoms with E-state index in [0.29, 0.717) is 13.2 Å². The van der Waals surface area contributed by atoms with E-state index in [1.807, 2.05) is 30.3 Å². The fourth-order valence-electron chi connectivity index (χ4n) is 2.49. The summed E-state index contributed by atoms with van der Waals surface area (Å²) >= 11 is 0. The number of hydrogen-bond donors (Lipinski definition) is 1. The van der Waals surface area contributed by atoms with E-state index in [-0.39, 0.29) is 11.9 Å². The fourth-order valence-corrected chi connectivity index (χ4v) is 2.49. The highest BCUT2D eigenvalue weighted by Gasteiger charge is 2.28. The van der Waals surface area contributed by atoms with Crippen molar-refractivity contribution in [1.82, 2.24) is 5.32 Å². The van der Waals surface area contributed by atoms with Crippen molar-refractivity contribution in [3.8, 4) is 5.75 Å². The summed E-state index contributed by atoms with van der Waals surface area (Å²) in [6.07, 6.45) is -0.699. The van der Waals surface area contributed by atoms with Crippen LogP contribution in [-0.2, 0) is 4.74 Å². The average Bonchev–Trinajstić information content (AvgIpc) is 2.56. The van der Waals surface area contributed by atoms with Gasteiger partial charge >= 0.3 is 0 Å². The van der Waals surface area contributed by atoms with Gasteiger partial charge < -0.3 is 14.8 Å². The Balaban J connectivity index is 1.87. The van der Waals surface area contributed by atoms with E-state index in [2.05, 4.69) is 5.32 Å². The van der Waals surface area contributed by atoms with Gasteiger partial charge in [-0.2, -0.15) is 0 Å². The molecule has 3 rings (SSSR count). The Morgan fingerprint density at radius 1 is 1.14 bits per heavy atom. The van der Waals surface area contributed by atoms with Gasteiger partial charge in [0.1, 0.15) is 11.9 Å². The zero-order chi connectivity index (χ0) is 15.4. The molecule has 2 aromatic rings. The first-order valence-electron chi connectivity index (χ1n) is 7.23. The zero-order valence-electron chi connectivity index (χ0n) is 12.0. The van der Waals surface area contributed by atoms with Crippen molar-refractivity contribution >= 4 is 0 Å². The highest BCUT2D eigenvalue weighted by Crippen LogP contribution is 2.29. The first-order valence-corrected chi connectivity index (χ1v) is 7.23. The predicted octanol–water partition coefficient (Wildman–Crippen LogP) is 3.07. The molecular formula is C17H17F2NO2. The second-order valence-corrected chi connectivity index (χ2v) is 5.14. The minimum Gasteiger partial charge on any atom is -0.480 e. The molecule has 2 unspecified atom stereocenters. The fraction of sp³-hybridized carbons (Fsp3) is 0.294. The predicted molar refractivity (Wildman–Crippen MR) is 78.8 cm³/mol. The number of ether oxygens (including phenoxy) is 2. The van der Waals surface area contributed by atoms with Crippen LogP contribution in [0.1, 0.15) is 11.7 Å². The third-order valence-corrected chi connectivity index (χ3v) is 3.57. The van der Waals surface area contributed by atoms with Gasteiger partial charge in [0.15, 0.2) is 17.7 Å². The quantitative estimate of drug-likeness (QED) is 0.941. The Morgan fingerprint density at radius 3 is 2.64 bits per heavy atom. The van der Waals surface area contributed by atoms with Gasteiger partial charge in [0.25, 0.3) is 0 Å². The van der Waals surface area contributed by atoms with Gasteiger partial charge in [0.2, 0.25) is 0 Å². The summed E-state index contributed by atoms with van der Waals surface area (Å²) in [4.78, 5) is 0. The third kappa shape index (κ3) is 3.43. The molecule has 1 saturated heterocycles. The van der Waals surface area contributed by atoms with Crippen LogP contribution in [-0.4, -0.2) is 25.8 Å². The Bertz CT molecular complexity index is 615. The summed E-state index contributed by atoms with van der Waals surface area (Å²) in [7, 11) is 0. The maximum atomic E-state index is 13.9. The summed E-state index contributed by atoms with van der Waals surface area (Å²) in [5.41, 5.74) is 0.889. The number of nitrogens with one attached hydrogen (secondary N) is 1. The number of morpholine rings is 1. The molecule has 0 spiro atoms. The summed E-state index contributed by atoms with van der Waals surface area (Å²) in [6.45, 7) is 1.97. The molecule has 1 heterocycles. The van der Waals surface area contributed by atoms with Gasteiger partial charge in [0, 0.05) is 19.2 Å². The smallest absolute Gasteiger partial charge is 0.168 e. The molecule has 22 heavy (non-hydrogen) atoms. The minimum atomic E-state index is -0.718. The molecule has 116 valence electrons. The third-order valence-electron chi connectivity index (χ3n) is 3.57. The standard InChI is InChI=1S/C17H17F2NO2/c18-13-6-7-15(14(19)10-13)22-17(12-4-2-1-3-5-12)16-11-20-8-9-21-16/h1-7,10,16-17,20H,8-9,11H2. The van der Waals surface area contributed by atoms with Crippen LogP contribution in [0.3, 0.4) is 0 Å². The van der Waals surface area contributed by atoms with E-state index in [1.165, 1.54) is 12.1 Å². The van der Waals surface area contributed by atoms with E-state index in [1.54, 1.807) is 0 Å². The van der Waals surface area contributed by atoms with Crippen LogP contribution < -0.4 is 10.1 Å². The van der Waals surface area contributed by atoms with Gasteiger partial charge in [-0.05, 0) is 17.7 Å². The van der Waals surface area contributed by atoms with Crippen LogP contribution in [0.2, 0.25) is 0 Å². The molecule has 3 nitrogen and oxygen atoms in total. The lowest BCUT2D eigenvalue weighted by atomic mass is 10.0. The van der Waals surface area contributed by atoms with Gasteiger partial charge in [-0.3, -0.25) is 0 Å². The van der Waals surface area contributed by atoms with Crippen LogP contribution in [0.5, 0.6) is 5.75 Å². The Kier molecular flexibility index (Phi) is 4.65. The summed E-state index contributed by atoms with van der Waals surface area (Å²) in [6, 6.07) is 12.8. The van der Waals surface area contributed by atoms with E-state index in [9.17, 15) is 8.78 Å². The Hall–Kier alpha value is -1.98. The van der Waals surface area contributed by atoms with E-state index in [4.69, 9.17) is 9.47 Å². The van der Waals surface area contributed by atoms with Crippen molar-refractivity contribution in [2.75, 3.05) is 19.7 Å². The van der Waals surface area contributed by atoms with Crippen LogP contribution in [0.25, 0.3) is 0 Å². The van der Waals surface area contributed by atoms with Gasteiger partial charge in [-0.15, -0.1) is 0 Å². The number of rotatable bonds is 4. The molecule has 0 amide bonds. The van der Waals surface area contributed by atoms with Gasteiger partial charge in [-0.1, -0.05) is 30.3 Å². The van der Waals surface area contributed by atoms with Crippen molar-refractivity contribution in [2.45, 2.75) is 12.2 Å². The van der Waals surface area contributed by atoms with Crippen molar-refractivity contribution in [1.29, 1.82) is 0 Å². The lowest BCUT2D eigenvalue weighted by Crippen LogP contribution is -2.43.